The van der Waals surface area contributed by atoms with Crippen molar-refractivity contribution < 1.29 is 17.9 Å². The van der Waals surface area contributed by atoms with Crippen molar-refractivity contribution in [2.45, 2.75) is 12.8 Å². The monoisotopic (exact) mass is 346 g/mol. The predicted octanol–water partition coefficient (Wildman–Crippen LogP) is 1.49. The van der Waals surface area contributed by atoms with Crippen LogP contribution < -0.4 is 9.88 Å². The molecule has 1 aliphatic rings. The van der Waals surface area contributed by atoms with Gasteiger partial charge in [-0.25, -0.2) is 13.6 Å². The number of sulfonamides is 1. The lowest BCUT2D eigenvalue weighted by atomic mass is 9.99. The molecule has 1 aromatic rings. The molecule has 1 atom stereocenters. The molecule has 1 fully saturated rings. The van der Waals surface area contributed by atoms with Crippen LogP contribution in [0.1, 0.15) is 23.2 Å². The molecule has 2 rings (SSSR count). The van der Waals surface area contributed by atoms with Crippen LogP contribution in [0.3, 0.4) is 0 Å². The highest BCUT2D eigenvalue weighted by Gasteiger charge is 2.28. The molecule has 0 spiro atoms. The molecule has 1 saturated heterocycles. The number of hydrogen-bond acceptors (Lipinski definition) is 4. The van der Waals surface area contributed by atoms with Crippen LogP contribution in [0.2, 0.25) is 5.02 Å². The standard InChI is InChI=1S/C14H19ClN2O4S/c1-21-13-5-4-11(15)7-12(13)14(18)17-6-2-3-10(8-17)9-22(16,19)20/h4-5,7,10H,2-3,6,8-9H2,1H3,(H2,16,19,20). The highest BCUT2D eigenvalue weighted by Crippen LogP contribution is 2.26. The van der Waals surface area contributed by atoms with E-state index >= 15 is 0 Å². The Kier molecular flexibility index (Phi) is 5.31. The van der Waals surface area contributed by atoms with E-state index in [2.05, 4.69) is 0 Å². The first-order valence-corrected chi connectivity index (χ1v) is 9.03. The first-order chi connectivity index (χ1) is 10.3. The van der Waals surface area contributed by atoms with Gasteiger partial charge in [-0.1, -0.05) is 11.6 Å². The summed E-state index contributed by atoms with van der Waals surface area (Å²) in [5.74, 6) is -0.0111. The lowest BCUT2D eigenvalue weighted by Crippen LogP contribution is -2.42. The lowest BCUT2D eigenvalue weighted by Gasteiger charge is -2.32. The largest absolute Gasteiger partial charge is 0.496 e. The number of rotatable bonds is 4. The molecule has 8 heteroatoms. The van der Waals surface area contributed by atoms with Gasteiger partial charge < -0.3 is 9.64 Å². The summed E-state index contributed by atoms with van der Waals surface area (Å²) in [4.78, 5) is 14.3. The van der Waals surface area contributed by atoms with Crippen LogP contribution in [0, 0.1) is 5.92 Å². The van der Waals surface area contributed by atoms with E-state index in [-0.39, 0.29) is 17.6 Å². The van der Waals surface area contributed by atoms with Crippen molar-refractivity contribution in [1.29, 1.82) is 0 Å². The first kappa shape index (κ1) is 17.1. The molecule has 0 radical (unpaired) electrons. The number of piperidine rings is 1. The van der Waals surface area contributed by atoms with Gasteiger partial charge >= 0.3 is 0 Å². The first-order valence-electron chi connectivity index (χ1n) is 6.93. The molecule has 122 valence electrons. The highest BCUT2D eigenvalue weighted by molar-refractivity contribution is 7.89. The SMILES string of the molecule is COc1ccc(Cl)cc1C(=O)N1CCCC(CS(N)(=O)=O)C1. The summed E-state index contributed by atoms with van der Waals surface area (Å²) in [5.41, 5.74) is 0.381. The number of hydrogen-bond donors (Lipinski definition) is 1. The summed E-state index contributed by atoms with van der Waals surface area (Å²) in [6, 6.07) is 4.85. The Hall–Kier alpha value is -1.31. The van der Waals surface area contributed by atoms with Crippen molar-refractivity contribution in [1.82, 2.24) is 4.90 Å². The lowest BCUT2D eigenvalue weighted by molar-refractivity contribution is 0.0681. The molecular formula is C14H19ClN2O4S. The van der Waals surface area contributed by atoms with Crippen LogP contribution in [0.4, 0.5) is 0 Å². The molecule has 1 unspecified atom stereocenters. The van der Waals surface area contributed by atoms with E-state index in [0.717, 1.165) is 12.8 Å². The molecule has 1 aliphatic heterocycles. The number of likely N-dealkylation sites (tertiary alicyclic amines) is 1. The fraction of sp³-hybridized carbons (Fsp3) is 0.500. The Morgan fingerprint density at radius 3 is 2.86 bits per heavy atom. The number of nitrogens with zero attached hydrogens (tertiary/aromatic N) is 1. The molecular weight excluding hydrogens is 328 g/mol. The zero-order valence-electron chi connectivity index (χ0n) is 12.3. The minimum atomic E-state index is -3.54. The Balaban J connectivity index is 2.17. The second-order valence-corrected chi connectivity index (χ2v) is 7.53. The van der Waals surface area contributed by atoms with Gasteiger partial charge in [-0.2, -0.15) is 0 Å². The third-order valence-electron chi connectivity index (χ3n) is 3.67. The zero-order chi connectivity index (χ0) is 16.3. The summed E-state index contributed by atoms with van der Waals surface area (Å²) in [5, 5.41) is 5.54. The molecule has 0 aromatic heterocycles. The van der Waals surface area contributed by atoms with E-state index in [9.17, 15) is 13.2 Å². The van der Waals surface area contributed by atoms with E-state index in [1.54, 1.807) is 23.1 Å². The maximum Gasteiger partial charge on any atom is 0.257 e. The van der Waals surface area contributed by atoms with Crippen molar-refractivity contribution >= 4 is 27.5 Å². The minimum Gasteiger partial charge on any atom is -0.496 e. The van der Waals surface area contributed by atoms with Gasteiger partial charge in [0.05, 0.1) is 18.4 Å². The van der Waals surface area contributed by atoms with E-state index in [0.29, 0.717) is 29.4 Å². The van der Waals surface area contributed by atoms with Gasteiger partial charge in [-0.15, -0.1) is 0 Å². The molecule has 1 amide bonds. The van der Waals surface area contributed by atoms with Crippen molar-refractivity contribution in [2.75, 3.05) is 26.0 Å². The normalized spacial score (nSPS) is 19.0. The summed E-state index contributed by atoms with van der Waals surface area (Å²) in [6.45, 7) is 0.945. The van der Waals surface area contributed by atoms with Crippen molar-refractivity contribution in [3.8, 4) is 5.75 Å². The van der Waals surface area contributed by atoms with Crippen molar-refractivity contribution in [2.24, 2.45) is 11.1 Å². The molecule has 0 saturated carbocycles. The van der Waals surface area contributed by atoms with Gasteiger partial charge in [-0.3, -0.25) is 4.79 Å². The number of ether oxygens (including phenoxy) is 1. The highest BCUT2D eigenvalue weighted by atomic mass is 35.5. The number of primary sulfonamides is 1. The fourth-order valence-corrected chi connectivity index (χ4v) is 3.83. The number of benzene rings is 1. The number of halogens is 1. The number of methoxy groups -OCH3 is 1. The third-order valence-corrected chi connectivity index (χ3v) is 4.84. The fourth-order valence-electron chi connectivity index (χ4n) is 2.73. The van der Waals surface area contributed by atoms with Gasteiger partial charge in [0, 0.05) is 18.1 Å². The minimum absolute atomic E-state index is 0.108. The van der Waals surface area contributed by atoms with Crippen LogP contribution >= 0.6 is 11.6 Å². The van der Waals surface area contributed by atoms with Gasteiger partial charge in [0.25, 0.3) is 5.91 Å². The molecule has 6 nitrogen and oxygen atoms in total. The number of amides is 1. The van der Waals surface area contributed by atoms with Crippen LogP contribution in [0.15, 0.2) is 18.2 Å². The third kappa shape index (κ3) is 4.34. The maximum absolute atomic E-state index is 12.6. The zero-order valence-corrected chi connectivity index (χ0v) is 13.9. The van der Waals surface area contributed by atoms with E-state index < -0.39 is 10.0 Å². The van der Waals surface area contributed by atoms with Gasteiger partial charge in [0.2, 0.25) is 10.0 Å². The molecule has 1 heterocycles. The van der Waals surface area contributed by atoms with Crippen LogP contribution in [0.25, 0.3) is 0 Å². The second-order valence-electron chi connectivity index (χ2n) is 5.43. The Labute approximate surface area is 135 Å². The Bertz CT molecular complexity index is 663. The number of carbonyl (C=O) groups is 1. The van der Waals surface area contributed by atoms with Crippen LogP contribution in [-0.4, -0.2) is 45.2 Å². The van der Waals surface area contributed by atoms with E-state index in [1.165, 1.54) is 7.11 Å². The summed E-state index contributed by atoms with van der Waals surface area (Å²) < 4.78 is 27.7. The second kappa shape index (κ2) is 6.85. The van der Waals surface area contributed by atoms with E-state index in [1.807, 2.05) is 0 Å². The van der Waals surface area contributed by atoms with Gasteiger partial charge in [0.15, 0.2) is 0 Å². The van der Waals surface area contributed by atoms with Crippen molar-refractivity contribution in [3.05, 3.63) is 28.8 Å². The molecule has 22 heavy (non-hydrogen) atoms. The molecule has 2 N–H and O–H groups in total. The Morgan fingerprint density at radius 2 is 2.23 bits per heavy atom. The van der Waals surface area contributed by atoms with Crippen LogP contribution in [-0.2, 0) is 10.0 Å². The average Bonchev–Trinajstić information content (AvgIpc) is 2.45. The summed E-state index contributed by atoms with van der Waals surface area (Å²) in [6.07, 6.45) is 1.49. The smallest absolute Gasteiger partial charge is 0.257 e. The summed E-state index contributed by atoms with van der Waals surface area (Å²) >= 11 is 5.95. The van der Waals surface area contributed by atoms with Crippen LogP contribution in [0.5, 0.6) is 5.75 Å². The topological polar surface area (TPSA) is 89.7 Å². The van der Waals surface area contributed by atoms with Gasteiger partial charge in [0.1, 0.15) is 5.75 Å². The Morgan fingerprint density at radius 1 is 1.50 bits per heavy atom. The molecule has 0 aliphatic carbocycles. The quantitative estimate of drug-likeness (QED) is 0.894. The average molecular weight is 347 g/mol. The number of nitrogens with two attached hydrogens (primary N) is 1. The van der Waals surface area contributed by atoms with E-state index in [4.69, 9.17) is 21.5 Å². The maximum atomic E-state index is 12.6. The number of carbonyl (C=O) groups excluding carboxylic acids is 1. The molecule has 0 bridgehead atoms. The van der Waals surface area contributed by atoms with Crippen molar-refractivity contribution in [3.63, 3.8) is 0 Å². The predicted molar refractivity (Wildman–Crippen MR) is 84.6 cm³/mol. The van der Waals surface area contributed by atoms with Gasteiger partial charge in [-0.05, 0) is 37.0 Å². The molecule has 1 aromatic carbocycles. The summed E-state index contributed by atoms with van der Waals surface area (Å²) in [7, 11) is -2.05.